The van der Waals surface area contributed by atoms with Crippen LogP contribution in [0.3, 0.4) is 0 Å². The maximum absolute atomic E-state index is 5.71. The third-order valence-electron chi connectivity index (χ3n) is 5.18. The van der Waals surface area contributed by atoms with Crippen LogP contribution in [-0.2, 0) is 11.2 Å². The molecule has 0 spiro atoms. The van der Waals surface area contributed by atoms with E-state index in [0.717, 1.165) is 50.3 Å². The molecule has 4 heteroatoms. The predicted octanol–water partition coefficient (Wildman–Crippen LogP) is 7.19. The van der Waals surface area contributed by atoms with E-state index in [1.54, 1.807) is 12.4 Å². The molecule has 170 valence electrons. The average molecular weight is 425 g/mol. The highest BCUT2D eigenvalue weighted by molar-refractivity contribution is 5.55. The van der Waals surface area contributed by atoms with Crippen molar-refractivity contribution in [3.8, 4) is 17.1 Å². The minimum absolute atomic E-state index is 0.565. The van der Waals surface area contributed by atoms with Gasteiger partial charge in [0.2, 0.25) is 0 Å². The Kier molecular flexibility index (Phi) is 13.3. The lowest BCUT2D eigenvalue weighted by Crippen LogP contribution is -1.97. The zero-order valence-electron chi connectivity index (χ0n) is 19.5. The van der Waals surface area contributed by atoms with Gasteiger partial charge in [0.1, 0.15) is 6.61 Å². The number of unbranched alkanes of at least 4 members (excludes halogenated alkanes) is 6. The fraction of sp³-hybridized carbons (Fsp3) is 0.556. The highest BCUT2D eigenvalue weighted by Crippen LogP contribution is 2.18. The van der Waals surface area contributed by atoms with Crippen LogP contribution in [-0.4, -0.2) is 29.8 Å². The third kappa shape index (κ3) is 11.1. The molecule has 0 saturated heterocycles. The van der Waals surface area contributed by atoms with E-state index < -0.39 is 0 Å². The molecule has 0 aliphatic rings. The van der Waals surface area contributed by atoms with Gasteiger partial charge in [-0.1, -0.05) is 75.9 Å². The molecule has 0 aliphatic heterocycles. The first-order chi connectivity index (χ1) is 15.3. The molecule has 31 heavy (non-hydrogen) atoms. The Morgan fingerprint density at radius 2 is 1.55 bits per heavy atom. The molecule has 0 aliphatic carbocycles. The molecule has 1 aromatic heterocycles. The fourth-order valence-corrected chi connectivity index (χ4v) is 3.34. The van der Waals surface area contributed by atoms with Gasteiger partial charge in [-0.15, -0.1) is 0 Å². The van der Waals surface area contributed by atoms with Crippen LogP contribution in [0.5, 0.6) is 5.75 Å². The maximum Gasteiger partial charge on any atom is 0.159 e. The number of allylic oxidation sites excluding steroid dienone is 1. The van der Waals surface area contributed by atoms with Crippen molar-refractivity contribution in [1.29, 1.82) is 0 Å². The summed E-state index contributed by atoms with van der Waals surface area (Å²) in [6.45, 7) is 6.72. The van der Waals surface area contributed by atoms with Crippen LogP contribution >= 0.6 is 0 Å². The van der Waals surface area contributed by atoms with Gasteiger partial charge in [0.25, 0.3) is 0 Å². The molecule has 0 bridgehead atoms. The van der Waals surface area contributed by atoms with Crippen molar-refractivity contribution in [2.45, 2.75) is 78.1 Å². The first-order valence-corrected chi connectivity index (χ1v) is 12.1. The third-order valence-corrected chi connectivity index (χ3v) is 5.18. The molecular weight excluding hydrogens is 384 g/mol. The predicted molar refractivity (Wildman–Crippen MR) is 130 cm³/mol. The van der Waals surface area contributed by atoms with Crippen molar-refractivity contribution in [3.05, 3.63) is 54.4 Å². The Hall–Kier alpha value is -2.20. The summed E-state index contributed by atoms with van der Waals surface area (Å²) in [5.41, 5.74) is 2.40. The molecule has 2 aromatic rings. The Labute approximate surface area is 189 Å². The summed E-state index contributed by atoms with van der Waals surface area (Å²) in [5, 5.41) is 0. The first-order valence-electron chi connectivity index (χ1n) is 12.1. The second-order valence-corrected chi connectivity index (χ2v) is 7.99. The van der Waals surface area contributed by atoms with Crippen molar-refractivity contribution in [2.24, 2.45) is 0 Å². The molecule has 1 heterocycles. The van der Waals surface area contributed by atoms with Gasteiger partial charge in [-0.3, -0.25) is 0 Å². The molecule has 4 nitrogen and oxygen atoms in total. The van der Waals surface area contributed by atoms with E-state index in [0.29, 0.717) is 12.4 Å². The molecule has 0 N–H and O–H groups in total. The lowest BCUT2D eigenvalue weighted by Gasteiger charge is -2.06. The summed E-state index contributed by atoms with van der Waals surface area (Å²) in [6, 6.07) is 8.58. The standard InChI is InChI=1S/C27H40N2O2/c1-3-5-6-7-8-9-13-21-31-26-22-28-27(29-23-26)25-17-15-24(16-18-25)14-11-10-12-20-30-19-4-2/h9,13,15-18,22-23H,3-8,10-12,14,19-21H2,1-2H3/b13-9+. The summed E-state index contributed by atoms with van der Waals surface area (Å²) >= 11 is 0. The van der Waals surface area contributed by atoms with E-state index in [1.807, 2.05) is 0 Å². The van der Waals surface area contributed by atoms with Crippen LogP contribution in [0.1, 0.15) is 77.2 Å². The SMILES string of the molecule is CCCCCC/C=C/COc1cnc(-c2ccc(CCCCCOCCC)cc2)nc1. The van der Waals surface area contributed by atoms with Gasteiger partial charge in [-0.2, -0.15) is 0 Å². The molecular formula is C27H40N2O2. The van der Waals surface area contributed by atoms with E-state index in [1.165, 1.54) is 44.1 Å². The molecule has 2 rings (SSSR count). The molecule has 0 atom stereocenters. The zero-order chi connectivity index (χ0) is 22.0. The minimum atomic E-state index is 0.565. The maximum atomic E-state index is 5.71. The molecule has 1 aromatic carbocycles. The van der Waals surface area contributed by atoms with Gasteiger partial charge in [0.05, 0.1) is 12.4 Å². The van der Waals surface area contributed by atoms with Crippen LogP contribution in [0.4, 0.5) is 0 Å². The quantitative estimate of drug-likeness (QED) is 0.199. The Morgan fingerprint density at radius 3 is 2.29 bits per heavy atom. The van der Waals surface area contributed by atoms with Crippen LogP contribution in [0.15, 0.2) is 48.8 Å². The zero-order valence-corrected chi connectivity index (χ0v) is 19.5. The van der Waals surface area contributed by atoms with E-state index >= 15 is 0 Å². The van der Waals surface area contributed by atoms with Gasteiger partial charge in [-0.25, -0.2) is 9.97 Å². The minimum Gasteiger partial charge on any atom is -0.486 e. The van der Waals surface area contributed by atoms with Gasteiger partial charge in [0.15, 0.2) is 11.6 Å². The van der Waals surface area contributed by atoms with Crippen molar-refractivity contribution < 1.29 is 9.47 Å². The lowest BCUT2D eigenvalue weighted by molar-refractivity contribution is 0.130. The number of hydrogen-bond acceptors (Lipinski definition) is 4. The summed E-state index contributed by atoms with van der Waals surface area (Å²) in [5.74, 6) is 1.44. The number of nitrogens with zero attached hydrogens (tertiary/aromatic N) is 2. The number of aromatic nitrogens is 2. The Bertz CT molecular complexity index is 711. The van der Waals surface area contributed by atoms with E-state index in [-0.39, 0.29) is 0 Å². The number of benzene rings is 1. The molecule has 0 fully saturated rings. The Morgan fingerprint density at radius 1 is 0.774 bits per heavy atom. The number of aryl methyl sites for hydroxylation is 1. The number of rotatable bonds is 17. The van der Waals surface area contributed by atoms with Gasteiger partial charge < -0.3 is 9.47 Å². The van der Waals surface area contributed by atoms with E-state index in [9.17, 15) is 0 Å². The van der Waals surface area contributed by atoms with Crippen molar-refractivity contribution >= 4 is 0 Å². The second kappa shape index (κ2) is 16.5. The smallest absolute Gasteiger partial charge is 0.159 e. The molecule has 0 radical (unpaired) electrons. The van der Waals surface area contributed by atoms with E-state index in [4.69, 9.17) is 9.47 Å². The lowest BCUT2D eigenvalue weighted by atomic mass is 10.0. The first kappa shape index (κ1) is 25.1. The Balaban J connectivity index is 1.67. The summed E-state index contributed by atoms with van der Waals surface area (Å²) < 4.78 is 11.2. The highest BCUT2D eigenvalue weighted by Gasteiger charge is 2.03. The largest absolute Gasteiger partial charge is 0.486 e. The monoisotopic (exact) mass is 424 g/mol. The second-order valence-electron chi connectivity index (χ2n) is 7.99. The normalized spacial score (nSPS) is 11.3. The summed E-state index contributed by atoms with van der Waals surface area (Å²) in [4.78, 5) is 8.93. The van der Waals surface area contributed by atoms with Gasteiger partial charge >= 0.3 is 0 Å². The average Bonchev–Trinajstić information content (AvgIpc) is 2.81. The number of hydrogen-bond donors (Lipinski definition) is 0. The van der Waals surface area contributed by atoms with Gasteiger partial charge in [-0.05, 0) is 44.1 Å². The topological polar surface area (TPSA) is 44.2 Å². The molecule has 0 unspecified atom stereocenters. The molecule has 0 amide bonds. The van der Waals surface area contributed by atoms with Crippen LogP contribution in [0.25, 0.3) is 11.4 Å². The van der Waals surface area contributed by atoms with Gasteiger partial charge in [0, 0.05) is 18.8 Å². The van der Waals surface area contributed by atoms with E-state index in [2.05, 4.69) is 60.2 Å². The highest BCUT2D eigenvalue weighted by atomic mass is 16.5. The number of ether oxygens (including phenoxy) is 2. The molecule has 0 saturated carbocycles. The van der Waals surface area contributed by atoms with Crippen LogP contribution < -0.4 is 4.74 Å². The van der Waals surface area contributed by atoms with Crippen molar-refractivity contribution in [1.82, 2.24) is 9.97 Å². The fourth-order valence-electron chi connectivity index (χ4n) is 3.34. The van der Waals surface area contributed by atoms with Crippen molar-refractivity contribution in [3.63, 3.8) is 0 Å². The van der Waals surface area contributed by atoms with Crippen LogP contribution in [0.2, 0.25) is 0 Å². The summed E-state index contributed by atoms with van der Waals surface area (Å²) in [7, 11) is 0. The van der Waals surface area contributed by atoms with Crippen molar-refractivity contribution in [2.75, 3.05) is 19.8 Å². The van der Waals surface area contributed by atoms with Crippen LogP contribution in [0, 0.1) is 0 Å². The summed E-state index contributed by atoms with van der Waals surface area (Å²) in [6.07, 6.45) is 19.9.